The molecule has 0 saturated heterocycles. The minimum atomic E-state index is -4.32. The van der Waals surface area contributed by atoms with Crippen LogP contribution in [0, 0.1) is 0 Å². The van der Waals surface area contributed by atoms with Crippen LogP contribution in [-0.4, -0.2) is 29.7 Å². The second kappa shape index (κ2) is 5.49. The summed E-state index contributed by atoms with van der Waals surface area (Å²) in [5.41, 5.74) is -1.01. The number of benzene rings is 3. The number of fused-ring (bicyclic) bond motifs is 6. The number of carbonyl (C=O) groups is 1. The molecule has 0 bridgehead atoms. The first kappa shape index (κ1) is 17.5. The van der Waals surface area contributed by atoms with E-state index in [1.54, 1.807) is 0 Å². The first-order valence-electron chi connectivity index (χ1n) is 8.41. The molecule has 0 unspecified atom stereocenters. The van der Waals surface area contributed by atoms with Gasteiger partial charge in [0.1, 0.15) is 27.9 Å². The molecule has 9 heteroatoms. The van der Waals surface area contributed by atoms with Gasteiger partial charge in [0.2, 0.25) is 0 Å². The highest BCUT2D eigenvalue weighted by molar-refractivity contribution is 7.87. The van der Waals surface area contributed by atoms with Gasteiger partial charge < -0.3 is 20.1 Å². The van der Waals surface area contributed by atoms with Crippen LogP contribution in [0.15, 0.2) is 59.5 Å². The van der Waals surface area contributed by atoms with Crippen LogP contribution < -0.4 is 4.74 Å². The molecule has 0 saturated carbocycles. The van der Waals surface area contributed by atoms with E-state index >= 15 is 0 Å². The Bertz CT molecular complexity index is 1270. The van der Waals surface area contributed by atoms with Crippen LogP contribution in [0.3, 0.4) is 0 Å². The average molecular weight is 412 g/mol. The van der Waals surface area contributed by atoms with Crippen molar-refractivity contribution < 1.29 is 37.5 Å². The van der Waals surface area contributed by atoms with Crippen molar-refractivity contribution in [2.45, 2.75) is 10.5 Å². The Balaban J connectivity index is 1.91. The number of phenols is 2. The standard InChI is InChI=1S/C20H12O8S/c21-11-2-5-13-16(8-11)27-17-9-12(22)3-6-14(17)20(13)15-4-1-10(19(23)24)7-18(15)29(25,26)28-20/h1-9,21-22H,(H,23,24). The van der Waals surface area contributed by atoms with Crippen LogP contribution >= 0.6 is 0 Å². The average Bonchev–Trinajstić information content (AvgIpc) is 2.89. The van der Waals surface area contributed by atoms with Gasteiger partial charge in [0.25, 0.3) is 10.1 Å². The Kier molecular flexibility index (Phi) is 3.32. The highest BCUT2D eigenvalue weighted by atomic mass is 32.2. The van der Waals surface area contributed by atoms with Gasteiger partial charge >= 0.3 is 5.97 Å². The summed E-state index contributed by atoms with van der Waals surface area (Å²) in [7, 11) is -4.32. The highest BCUT2D eigenvalue weighted by Gasteiger charge is 2.55. The Morgan fingerprint density at radius 2 is 1.38 bits per heavy atom. The van der Waals surface area contributed by atoms with E-state index < -0.39 is 21.7 Å². The molecule has 5 rings (SSSR count). The fraction of sp³-hybridized carbons (Fsp3) is 0.0500. The molecule has 0 fully saturated rings. The lowest BCUT2D eigenvalue weighted by atomic mass is 9.78. The second-order valence-electron chi connectivity index (χ2n) is 6.70. The maximum Gasteiger partial charge on any atom is 0.335 e. The number of aromatic hydroxyl groups is 2. The smallest absolute Gasteiger partial charge is 0.335 e. The zero-order valence-electron chi connectivity index (χ0n) is 14.5. The molecular formula is C20H12O8S. The zero-order chi connectivity index (χ0) is 20.6. The SMILES string of the molecule is O=C(O)c1ccc2c(c1)S(=O)(=O)OC21c2ccc(O)cc2Oc2cc(O)ccc21. The van der Waals surface area contributed by atoms with E-state index in [0.717, 1.165) is 6.07 Å². The summed E-state index contributed by atoms with van der Waals surface area (Å²) in [6.45, 7) is 0. The number of hydrogen-bond acceptors (Lipinski definition) is 7. The number of hydrogen-bond donors (Lipinski definition) is 3. The van der Waals surface area contributed by atoms with Crippen molar-refractivity contribution >= 4 is 16.1 Å². The van der Waals surface area contributed by atoms with E-state index in [2.05, 4.69) is 0 Å². The second-order valence-corrected chi connectivity index (χ2v) is 8.21. The topological polar surface area (TPSA) is 130 Å². The Hall–Kier alpha value is -3.56. The van der Waals surface area contributed by atoms with Gasteiger partial charge in [0.05, 0.1) is 5.56 Å². The van der Waals surface area contributed by atoms with Crippen molar-refractivity contribution in [2.75, 3.05) is 0 Å². The third-order valence-electron chi connectivity index (χ3n) is 5.02. The number of phenolic OH excluding ortho intramolecular Hbond substituents is 2. The zero-order valence-corrected chi connectivity index (χ0v) is 15.3. The summed E-state index contributed by atoms with van der Waals surface area (Å²) < 4.78 is 37.2. The minimum absolute atomic E-state index is 0.107. The minimum Gasteiger partial charge on any atom is -0.508 e. The lowest BCUT2D eigenvalue weighted by Crippen LogP contribution is -2.33. The molecule has 0 radical (unpaired) electrons. The molecule has 2 aliphatic heterocycles. The lowest BCUT2D eigenvalue weighted by Gasteiger charge is -2.35. The van der Waals surface area contributed by atoms with Gasteiger partial charge in [-0.15, -0.1) is 0 Å². The first-order valence-corrected chi connectivity index (χ1v) is 9.81. The molecule has 3 aromatic rings. The Labute approximate surface area is 164 Å². The predicted octanol–water partition coefficient (Wildman–Crippen LogP) is 2.91. The largest absolute Gasteiger partial charge is 0.508 e. The van der Waals surface area contributed by atoms with Crippen molar-refractivity contribution in [1.29, 1.82) is 0 Å². The van der Waals surface area contributed by atoms with Gasteiger partial charge in [-0.25, -0.2) is 8.98 Å². The van der Waals surface area contributed by atoms with Gasteiger partial charge in [-0.2, -0.15) is 8.42 Å². The van der Waals surface area contributed by atoms with E-state index in [0.29, 0.717) is 11.1 Å². The van der Waals surface area contributed by atoms with Crippen LogP contribution in [0.5, 0.6) is 23.0 Å². The molecule has 0 amide bonds. The summed E-state index contributed by atoms with van der Waals surface area (Å²) in [6.07, 6.45) is 0. The van der Waals surface area contributed by atoms with E-state index in [9.17, 15) is 28.5 Å². The molecule has 2 aliphatic rings. The van der Waals surface area contributed by atoms with E-state index in [4.69, 9.17) is 8.92 Å². The van der Waals surface area contributed by atoms with Crippen LogP contribution in [0.4, 0.5) is 0 Å². The Morgan fingerprint density at radius 1 is 0.828 bits per heavy atom. The van der Waals surface area contributed by atoms with Gasteiger partial charge in [-0.05, 0) is 36.4 Å². The normalized spacial score (nSPS) is 17.1. The van der Waals surface area contributed by atoms with E-state index in [-0.39, 0.29) is 39.0 Å². The Morgan fingerprint density at radius 3 is 1.93 bits per heavy atom. The number of ether oxygens (including phenoxy) is 1. The molecule has 3 aromatic carbocycles. The molecule has 2 heterocycles. The van der Waals surface area contributed by atoms with Crippen LogP contribution in [0.25, 0.3) is 0 Å². The number of aromatic carboxylic acids is 1. The highest BCUT2D eigenvalue weighted by Crippen LogP contribution is 2.58. The fourth-order valence-corrected chi connectivity index (χ4v) is 5.26. The summed E-state index contributed by atoms with van der Waals surface area (Å²) >= 11 is 0. The molecule has 8 nitrogen and oxygen atoms in total. The number of carboxylic acids is 1. The molecule has 1 spiro atoms. The first-order chi connectivity index (χ1) is 13.7. The van der Waals surface area contributed by atoms with Crippen LogP contribution in [0.2, 0.25) is 0 Å². The number of rotatable bonds is 1. The summed E-state index contributed by atoms with van der Waals surface area (Å²) in [6, 6.07) is 12.1. The fourth-order valence-electron chi connectivity index (χ4n) is 3.82. The molecule has 0 aromatic heterocycles. The molecular weight excluding hydrogens is 400 g/mol. The van der Waals surface area contributed by atoms with E-state index in [1.165, 1.54) is 48.5 Å². The van der Waals surface area contributed by atoms with Gasteiger partial charge in [-0.3, -0.25) is 0 Å². The predicted molar refractivity (Wildman–Crippen MR) is 97.8 cm³/mol. The molecule has 3 N–H and O–H groups in total. The lowest BCUT2D eigenvalue weighted by molar-refractivity contribution is 0.0696. The molecule has 29 heavy (non-hydrogen) atoms. The van der Waals surface area contributed by atoms with Crippen molar-refractivity contribution in [3.8, 4) is 23.0 Å². The maximum absolute atomic E-state index is 12.9. The third-order valence-corrected chi connectivity index (χ3v) is 6.37. The number of carboxylic acid groups (broad SMARTS) is 1. The van der Waals surface area contributed by atoms with Gasteiger partial charge in [0, 0.05) is 28.8 Å². The van der Waals surface area contributed by atoms with Crippen LogP contribution in [0.1, 0.15) is 27.0 Å². The van der Waals surface area contributed by atoms with Crippen molar-refractivity contribution in [3.05, 3.63) is 76.9 Å². The van der Waals surface area contributed by atoms with Gasteiger partial charge in [-0.1, -0.05) is 6.07 Å². The van der Waals surface area contributed by atoms with Gasteiger partial charge in [0.15, 0.2) is 5.60 Å². The third kappa shape index (κ3) is 2.28. The quantitative estimate of drug-likeness (QED) is 0.520. The monoisotopic (exact) mass is 412 g/mol. The molecule has 0 aliphatic carbocycles. The van der Waals surface area contributed by atoms with E-state index in [1.807, 2.05) is 0 Å². The molecule has 0 atom stereocenters. The van der Waals surface area contributed by atoms with Crippen molar-refractivity contribution in [1.82, 2.24) is 0 Å². The summed E-state index contributed by atoms with van der Waals surface area (Å²) in [5, 5.41) is 29.0. The van der Waals surface area contributed by atoms with Crippen molar-refractivity contribution in [2.24, 2.45) is 0 Å². The van der Waals surface area contributed by atoms with Crippen molar-refractivity contribution in [3.63, 3.8) is 0 Å². The maximum atomic E-state index is 12.9. The van der Waals surface area contributed by atoms with Crippen LogP contribution in [-0.2, 0) is 19.9 Å². The summed E-state index contributed by atoms with van der Waals surface area (Å²) in [4.78, 5) is 11.1. The summed E-state index contributed by atoms with van der Waals surface area (Å²) in [5.74, 6) is -1.19. The molecule has 146 valence electrons.